The highest BCUT2D eigenvalue weighted by Gasteiger charge is 1.87. The molecule has 0 aliphatic carbocycles. The highest BCUT2D eigenvalue weighted by molar-refractivity contribution is 5.74. The van der Waals surface area contributed by atoms with Gasteiger partial charge in [0.05, 0.1) is 6.54 Å². The summed E-state index contributed by atoms with van der Waals surface area (Å²) in [6.45, 7) is 6.99. The van der Waals surface area contributed by atoms with Crippen molar-refractivity contribution in [2.24, 2.45) is 4.99 Å². The Morgan fingerprint density at radius 2 is 2.12 bits per heavy atom. The lowest BCUT2D eigenvalue weighted by molar-refractivity contribution is 1.18. The predicted molar refractivity (Wildman–Crippen MR) is 38.5 cm³/mol. The lowest BCUT2D eigenvalue weighted by Crippen LogP contribution is -1.70. The van der Waals surface area contributed by atoms with Crippen molar-refractivity contribution in [2.45, 2.75) is 20.8 Å². The van der Waals surface area contributed by atoms with Gasteiger partial charge in [0.15, 0.2) is 0 Å². The van der Waals surface area contributed by atoms with Crippen LogP contribution in [0.1, 0.15) is 20.8 Å². The molecule has 1 nitrogen and oxygen atoms in total. The minimum Gasteiger partial charge on any atom is -0.289 e. The molecule has 0 aromatic carbocycles. The van der Waals surface area contributed by atoms with Gasteiger partial charge in [-0.3, -0.25) is 4.99 Å². The molecule has 0 spiro atoms. The summed E-state index contributed by atoms with van der Waals surface area (Å²) in [4.78, 5) is 3.95. The average Bonchev–Trinajstić information content (AvgIpc) is 2.24. The second-order valence-corrected chi connectivity index (χ2v) is 1.50. The van der Waals surface area contributed by atoms with Gasteiger partial charge in [0.25, 0.3) is 0 Å². The van der Waals surface area contributed by atoms with Gasteiger partial charge in [-0.1, -0.05) is 19.4 Å². The monoisotopic (exact) mass is 111 g/mol. The number of hydrogen-bond acceptors (Lipinski definition) is 1. The highest BCUT2D eigenvalue weighted by Crippen LogP contribution is 1.95. The zero-order chi connectivity index (χ0) is 6.41. The van der Waals surface area contributed by atoms with E-state index < -0.39 is 0 Å². The van der Waals surface area contributed by atoms with Gasteiger partial charge in [0.1, 0.15) is 0 Å². The van der Waals surface area contributed by atoms with E-state index in [1.807, 2.05) is 26.1 Å². The number of hydrogen-bond donors (Lipinski definition) is 0. The van der Waals surface area contributed by atoms with Crippen LogP contribution in [0.4, 0.5) is 0 Å². The van der Waals surface area contributed by atoms with Crippen molar-refractivity contribution in [2.75, 3.05) is 6.54 Å². The lowest BCUT2D eigenvalue weighted by atomic mass is 10.3. The largest absolute Gasteiger partial charge is 0.289 e. The molecule has 1 aliphatic heterocycles. The molecule has 0 radical (unpaired) electrons. The maximum atomic E-state index is 3.95. The van der Waals surface area contributed by atoms with Crippen molar-refractivity contribution in [3.63, 3.8) is 0 Å². The standard InChI is InChI=1S/C5H7N.C2H6/c1-5-2-3-6-4-5;1-2/h2-3H,4H2,1H3;1-2H3. The van der Waals surface area contributed by atoms with E-state index in [1.165, 1.54) is 5.57 Å². The van der Waals surface area contributed by atoms with E-state index in [1.54, 1.807) is 0 Å². The summed E-state index contributed by atoms with van der Waals surface area (Å²) in [5.74, 6) is 0. The number of aliphatic imine (C=N–C) groups is 1. The van der Waals surface area contributed by atoms with E-state index in [0.29, 0.717) is 0 Å². The first-order valence-electron chi connectivity index (χ1n) is 3.05. The van der Waals surface area contributed by atoms with Crippen LogP contribution in [0.5, 0.6) is 0 Å². The fourth-order valence-electron chi connectivity index (χ4n) is 0.429. The quantitative estimate of drug-likeness (QED) is 0.453. The molecule has 0 aromatic heterocycles. The molecule has 0 amide bonds. The summed E-state index contributed by atoms with van der Waals surface area (Å²) in [6.07, 6.45) is 3.87. The van der Waals surface area contributed by atoms with E-state index in [0.717, 1.165) is 6.54 Å². The Morgan fingerprint density at radius 1 is 1.50 bits per heavy atom. The second-order valence-electron chi connectivity index (χ2n) is 1.50. The third kappa shape index (κ3) is 2.56. The van der Waals surface area contributed by atoms with E-state index >= 15 is 0 Å². The van der Waals surface area contributed by atoms with Crippen LogP contribution in [0.15, 0.2) is 16.6 Å². The van der Waals surface area contributed by atoms with Crippen molar-refractivity contribution in [1.29, 1.82) is 0 Å². The number of rotatable bonds is 0. The van der Waals surface area contributed by atoms with Crippen LogP contribution in [0.2, 0.25) is 0 Å². The molecule has 0 saturated carbocycles. The molecule has 0 N–H and O–H groups in total. The average molecular weight is 111 g/mol. The van der Waals surface area contributed by atoms with Crippen LogP contribution in [0.25, 0.3) is 0 Å². The Balaban J connectivity index is 0.000000222. The SMILES string of the molecule is CC.CC1=CC=NC1. The first-order chi connectivity index (χ1) is 3.89. The number of allylic oxidation sites excluding steroid dienone is 1. The molecule has 1 heterocycles. The molecule has 1 heteroatoms. The fourth-order valence-corrected chi connectivity index (χ4v) is 0.429. The van der Waals surface area contributed by atoms with Gasteiger partial charge in [-0.2, -0.15) is 0 Å². The van der Waals surface area contributed by atoms with Gasteiger partial charge >= 0.3 is 0 Å². The lowest BCUT2D eigenvalue weighted by Gasteiger charge is -1.77. The molecule has 0 fully saturated rings. The molecule has 0 aromatic rings. The summed E-state index contributed by atoms with van der Waals surface area (Å²) >= 11 is 0. The molecule has 0 saturated heterocycles. The molecule has 1 aliphatic rings. The Labute approximate surface area is 51.1 Å². The van der Waals surface area contributed by atoms with Gasteiger partial charge in [-0.15, -0.1) is 0 Å². The molecule has 8 heavy (non-hydrogen) atoms. The summed E-state index contributed by atoms with van der Waals surface area (Å²) in [6, 6.07) is 0. The minimum atomic E-state index is 0.917. The summed E-state index contributed by atoms with van der Waals surface area (Å²) in [7, 11) is 0. The summed E-state index contributed by atoms with van der Waals surface area (Å²) in [5, 5.41) is 0. The van der Waals surface area contributed by atoms with Crippen LogP contribution < -0.4 is 0 Å². The molecule has 1 rings (SSSR count). The van der Waals surface area contributed by atoms with E-state index in [-0.39, 0.29) is 0 Å². The third-order valence-electron chi connectivity index (χ3n) is 0.805. The number of nitrogens with zero attached hydrogens (tertiary/aromatic N) is 1. The van der Waals surface area contributed by atoms with Gasteiger partial charge < -0.3 is 0 Å². The zero-order valence-electron chi connectivity index (χ0n) is 5.81. The Morgan fingerprint density at radius 3 is 2.25 bits per heavy atom. The Hall–Kier alpha value is -0.590. The molecular formula is C7H13N. The third-order valence-corrected chi connectivity index (χ3v) is 0.805. The Kier molecular flexibility index (Phi) is 4.23. The zero-order valence-corrected chi connectivity index (χ0v) is 5.81. The molecule has 0 unspecified atom stereocenters. The van der Waals surface area contributed by atoms with Crippen LogP contribution in [0, 0.1) is 0 Å². The van der Waals surface area contributed by atoms with Crippen molar-refractivity contribution in [1.82, 2.24) is 0 Å². The first kappa shape index (κ1) is 7.41. The predicted octanol–water partition coefficient (Wildman–Crippen LogP) is 2.04. The van der Waals surface area contributed by atoms with E-state index in [2.05, 4.69) is 11.9 Å². The van der Waals surface area contributed by atoms with Crippen molar-refractivity contribution >= 4 is 6.21 Å². The molecule has 46 valence electrons. The summed E-state index contributed by atoms with van der Waals surface area (Å²) < 4.78 is 0. The fraction of sp³-hybridized carbons (Fsp3) is 0.571. The van der Waals surface area contributed by atoms with Gasteiger partial charge in [0, 0.05) is 6.21 Å². The van der Waals surface area contributed by atoms with Crippen molar-refractivity contribution in [3.8, 4) is 0 Å². The molecule has 0 atom stereocenters. The maximum Gasteiger partial charge on any atom is 0.0600 e. The van der Waals surface area contributed by atoms with E-state index in [9.17, 15) is 0 Å². The second kappa shape index (κ2) is 4.57. The van der Waals surface area contributed by atoms with Crippen LogP contribution >= 0.6 is 0 Å². The Bertz CT molecular complexity index is 101. The first-order valence-corrected chi connectivity index (χ1v) is 3.05. The molecule has 0 bridgehead atoms. The summed E-state index contributed by atoms with van der Waals surface area (Å²) in [5.41, 5.74) is 1.36. The minimum absolute atomic E-state index is 0.917. The van der Waals surface area contributed by atoms with Crippen molar-refractivity contribution in [3.05, 3.63) is 11.6 Å². The smallest absolute Gasteiger partial charge is 0.0600 e. The van der Waals surface area contributed by atoms with Crippen LogP contribution in [0.3, 0.4) is 0 Å². The topological polar surface area (TPSA) is 12.4 Å². The van der Waals surface area contributed by atoms with Gasteiger partial charge in [-0.25, -0.2) is 0 Å². The van der Waals surface area contributed by atoms with Gasteiger partial charge in [-0.05, 0) is 13.0 Å². The van der Waals surface area contributed by atoms with Crippen molar-refractivity contribution < 1.29 is 0 Å². The van der Waals surface area contributed by atoms with Crippen LogP contribution in [-0.2, 0) is 0 Å². The van der Waals surface area contributed by atoms with E-state index in [4.69, 9.17) is 0 Å². The van der Waals surface area contributed by atoms with Gasteiger partial charge in [0.2, 0.25) is 0 Å². The maximum absolute atomic E-state index is 3.95. The molecular weight excluding hydrogens is 98.1 g/mol. The highest BCUT2D eigenvalue weighted by atomic mass is 14.7. The normalized spacial score (nSPS) is 14.6. The van der Waals surface area contributed by atoms with Crippen LogP contribution in [-0.4, -0.2) is 12.8 Å².